The van der Waals surface area contributed by atoms with Gasteiger partial charge in [-0.2, -0.15) is 5.10 Å². The molecule has 0 spiro atoms. The van der Waals surface area contributed by atoms with E-state index >= 15 is 0 Å². The second kappa shape index (κ2) is 5.55. The highest BCUT2D eigenvalue weighted by Crippen LogP contribution is 2.26. The topological polar surface area (TPSA) is 73.3 Å². The van der Waals surface area contributed by atoms with Crippen molar-refractivity contribution >= 4 is 0 Å². The van der Waals surface area contributed by atoms with Gasteiger partial charge in [0.25, 0.3) is 0 Å². The van der Waals surface area contributed by atoms with E-state index < -0.39 is 0 Å². The van der Waals surface area contributed by atoms with Gasteiger partial charge in [-0.15, -0.1) is 0 Å². The summed E-state index contributed by atoms with van der Waals surface area (Å²) in [6.07, 6.45) is 2.56. The van der Waals surface area contributed by atoms with Crippen molar-refractivity contribution in [1.29, 1.82) is 0 Å². The Morgan fingerprint density at radius 2 is 2.28 bits per heavy atom. The van der Waals surface area contributed by atoms with Crippen LogP contribution in [0.1, 0.15) is 12.1 Å². The molecule has 18 heavy (non-hydrogen) atoms. The van der Waals surface area contributed by atoms with Crippen LogP contribution < -0.4 is 10.5 Å². The molecule has 0 saturated heterocycles. The van der Waals surface area contributed by atoms with Gasteiger partial charge in [0, 0.05) is 12.6 Å². The maximum Gasteiger partial charge on any atom is 0.168 e. The zero-order valence-electron chi connectivity index (χ0n) is 10.3. The van der Waals surface area contributed by atoms with Gasteiger partial charge in [-0.25, -0.2) is 0 Å². The molecule has 0 aliphatic carbocycles. The summed E-state index contributed by atoms with van der Waals surface area (Å²) < 4.78 is 7.54. The molecule has 0 aliphatic heterocycles. The Bertz CT molecular complexity index is 523. The molecule has 0 atom stereocenters. The Kier molecular flexibility index (Phi) is 3.84. The maximum absolute atomic E-state index is 9.37. The molecule has 5 nitrogen and oxygen atoms in total. The number of aromatic nitrogens is 2. The zero-order chi connectivity index (χ0) is 13.0. The minimum absolute atomic E-state index is 0.181. The van der Waals surface area contributed by atoms with Crippen LogP contribution in [0.15, 0.2) is 30.5 Å². The van der Waals surface area contributed by atoms with Crippen molar-refractivity contribution < 1.29 is 9.84 Å². The van der Waals surface area contributed by atoms with Crippen LogP contribution in [0.2, 0.25) is 0 Å². The highest BCUT2D eigenvalue weighted by molar-refractivity contribution is 5.36. The van der Waals surface area contributed by atoms with E-state index in [1.165, 1.54) is 0 Å². The molecule has 0 radical (unpaired) electrons. The van der Waals surface area contributed by atoms with Gasteiger partial charge >= 0.3 is 0 Å². The molecule has 0 saturated carbocycles. The van der Waals surface area contributed by atoms with Crippen molar-refractivity contribution in [3.8, 4) is 17.2 Å². The molecular weight excluding hydrogens is 230 g/mol. The second-order valence-corrected chi connectivity index (χ2v) is 4.06. The molecule has 3 N–H and O–H groups in total. The lowest BCUT2D eigenvalue weighted by molar-refractivity contribution is 0.452. The summed E-state index contributed by atoms with van der Waals surface area (Å²) in [5, 5.41) is 13.6. The summed E-state index contributed by atoms with van der Waals surface area (Å²) >= 11 is 0. The number of hydrogen-bond acceptors (Lipinski definition) is 4. The molecule has 5 heteroatoms. The number of phenolic OH excluding ortho intramolecular Hbond substituents is 1. The van der Waals surface area contributed by atoms with Crippen molar-refractivity contribution in [2.75, 3.05) is 6.54 Å². The van der Waals surface area contributed by atoms with Crippen LogP contribution in [0.25, 0.3) is 0 Å². The third kappa shape index (κ3) is 2.81. The molecule has 1 aromatic heterocycles. The van der Waals surface area contributed by atoms with Gasteiger partial charge in [0.15, 0.2) is 5.75 Å². The van der Waals surface area contributed by atoms with E-state index in [-0.39, 0.29) is 5.75 Å². The van der Waals surface area contributed by atoms with Crippen molar-refractivity contribution in [3.63, 3.8) is 0 Å². The Hall–Kier alpha value is -2.01. The maximum atomic E-state index is 9.37. The first-order valence-electron chi connectivity index (χ1n) is 5.90. The average molecular weight is 247 g/mol. The number of rotatable bonds is 5. The average Bonchev–Trinajstić information content (AvgIpc) is 2.69. The molecule has 2 rings (SSSR count). The minimum Gasteiger partial charge on any atom is -0.508 e. The fourth-order valence-electron chi connectivity index (χ4n) is 1.67. The summed E-state index contributed by atoms with van der Waals surface area (Å²) in [5.74, 6) is 1.47. The standard InChI is InChI=1S/C13H17N3O2/c1-10-13(9-15-16(10)7-3-6-14)18-12-5-2-4-11(17)8-12/h2,4-5,8-9,17H,3,6-7,14H2,1H3. The number of nitrogens with zero attached hydrogens (tertiary/aromatic N) is 2. The number of aromatic hydroxyl groups is 1. The summed E-state index contributed by atoms with van der Waals surface area (Å²) in [6.45, 7) is 3.37. The van der Waals surface area contributed by atoms with Crippen molar-refractivity contribution in [3.05, 3.63) is 36.2 Å². The van der Waals surface area contributed by atoms with Gasteiger partial charge < -0.3 is 15.6 Å². The molecule has 2 aromatic rings. The van der Waals surface area contributed by atoms with Crippen LogP contribution >= 0.6 is 0 Å². The molecule has 0 unspecified atom stereocenters. The largest absolute Gasteiger partial charge is 0.508 e. The molecule has 0 bridgehead atoms. The number of hydrogen-bond donors (Lipinski definition) is 2. The van der Waals surface area contributed by atoms with Gasteiger partial charge in [-0.05, 0) is 32.0 Å². The third-order valence-electron chi connectivity index (χ3n) is 2.68. The summed E-state index contributed by atoms with van der Waals surface area (Å²) in [4.78, 5) is 0. The quantitative estimate of drug-likeness (QED) is 0.848. The van der Waals surface area contributed by atoms with Crippen LogP contribution in [-0.4, -0.2) is 21.4 Å². The SMILES string of the molecule is Cc1c(Oc2cccc(O)c2)cnn1CCCN. The highest BCUT2D eigenvalue weighted by Gasteiger charge is 2.08. The number of benzene rings is 1. The number of ether oxygens (including phenoxy) is 1. The first-order valence-corrected chi connectivity index (χ1v) is 5.90. The van der Waals surface area contributed by atoms with Crippen LogP contribution in [0, 0.1) is 6.92 Å². The van der Waals surface area contributed by atoms with Gasteiger partial charge in [-0.1, -0.05) is 6.07 Å². The normalized spacial score (nSPS) is 10.6. The Balaban J connectivity index is 2.12. The predicted molar refractivity (Wildman–Crippen MR) is 68.8 cm³/mol. The smallest absolute Gasteiger partial charge is 0.168 e. The fourth-order valence-corrected chi connectivity index (χ4v) is 1.67. The number of phenols is 1. The first-order chi connectivity index (χ1) is 8.70. The van der Waals surface area contributed by atoms with Crippen molar-refractivity contribution in [2.45, 2.75) is 19.9 Å². The summed E-state index contributed by atoms with van der Waals surface area (Å²) in [5.41, 5.74) is 6.42. The van der Waals surface area contributed by atoms with E-state index in [2.05, 4.69) is 5.10 Å². The minimum atomic E-state index is 0.181. The predicted octanol–water partition coefficient (Wildman–Crippen LogP) is 2.04. The van der Waals surface area contributed by atoms with Gasteiger partial charge in [0.05, 0.1) is 11.9 Å². The lowest BCUT2D eigenvalue weighted by Gasteiger charge is -2.06. The monoisotopic (exact) mass is 247 g/mol. The van der Waals surface area contributed by atoms with Gasteiger partial charge in [0.2, 0.25) is 0 Å². The van der Waals surface area contributed by atoms with E-state index in [4.69, 9.17) is 10.5 Å². The Morgan fingerprint density at radius 3 is 3.00 bits per heavy atom. The van der Waals surface area contributed by atoms with E-state index in [0.29, 0.717) is 18.0 Å². The molecule has 0 aliphatic rings. The summed E-state index contributed by atoms with van der Waals surface area (Å²) in [6, 6.07) is 6.69. The number of aryl methyl sites for hydroxylation is 1. The molecule has 1 aromatic carbocycles. The molecule has 96 valence electrons. The van der Waals surface area contributed by atoms with Gasteiger partial charge in [0.1, 0.15) is 11.5 Å². The second-order valence-electron chi connectivity index (χ2n) is 4.06. The van der Waals surface area contributed by atoms with Crippen LogP contribution in [0.3, 0.4) is 0 Å². The lowest BCUT2D eigenvalue weighted by Crippen LogP contribution is -2.08. The van der Waals surface area contributed by atoms with E-state index in [9.17, 15) is 5.11 Å². The fraction of sp³-hybridized carbons (Fsp3) is 0.308. The van der Waals surface area contributed by atoms with Gasteiger partial charge in [-0.3, -0.25) is 4.68 Å². The highest BCUT2D eigenvalue weighted by atomic mass is 16.5. The molecular formula is C13H17N3O2. The Morgan fingerprint density at radius 1 is 1.44 bits per heavy atom. The Labute approximate surface area is 106 Å². The van der Waals surface area contributed by atoms with E-state index in [0.717, 1.165) is 18.7 Å². The molecule has 0 fully saturated rings. The van der Waals surface area contributed by atoms with E-state index in [1.54, 1.807) is 30.5 Å². The third-order valence-corrected chi connectivity index (χ3v) is 2.68. The zero-order valence-corrected chi connectivity index (χ0v) is 10.3. The van der Waals surface area contributed by atoms with Crippen molar-refractivity contribution in [1.82, 2.24) is 9.78 Å². The van der Waals surface area contributed by atoms with Crippen LogP contribution in [0.4, 0.5) is 0 Å². The first kappa shape index (κ1) is 12.4. The number of nitrogens with two attached hydrogens (primary N) is 1. The van der Waals surface area contributed by atoms with Crippen LogP contribution in [-0.2, 0) is 6.54 Å². The lowest BCUT2D eigenvalue weighted by atomic mass is 10.3. The summed E-state index contributed by atoms with van der Waals surface area (Å²) in [7, 11) is 0. The van der Waals surface area contributed by atoms with Crippen LogP contribution in [0.5, 0.6) is 17.2 Å². The molecule has 0 amide bonds. The van der Waals surface area contributed by atoms with E-state index in [1.807, 2.05) is 11.6 Å². The van der Waals surface area contributed by atoms with Crippen molar-refractivity contribution in [2.24, 2.45) is 5.73 Å². The molecule has 1 heterocycles.